The molecule has 0 aromatic heterocycles. The van der Waals surface area contributed by atoms with E-state index in [-0.39, 0.29) is 11.1 Å². The van der Waals surface area contributed by atoms with E-state index in [1.54, 1.807) is 11.8 Å². The fourth-order valence-electron chi connectivity index (χ4n) is 2.34. The van der Waals surface area contributed by atoms with Crippen molar-refractivity contribution in [1.82, 2.24) is 0 Å². The molecule has 116 valence electrons. The number of rotatable bonds is 1. The van der Waals surface area contributed by atoms with Crippen LogP contribution in [-0.4, -0.2) is 5.75 Å². The van der Waals surface area contributed by atoms with Gasteiger partial charge in [-0.25, -0.2) is 0 Å². The van der Waals surface area contributed by atoms with E-state index in [4.69, 9.17) is 0 Å². The van der Waals surface area contributed by atoms with Crippen LogP contribution in [0, 0.1) is 11.3 Å². The minimum atomic E-state index is -4.43. The van der Waals surface area contributed by atoms with Crippen LogP contribution in [0.25, 0.3) is 5.57 Å². The van der Waals surface area contributed by atoms with Gasteiger partial charge in [0.05, 0.1) is 16.8 Å². The molecule has 1 N–H and O–H groups in total. The first-order valence-electron chi connectivity index (χ1n) is 6.79. The first kappa shape index (κ1) is 15.5. The van der Waals surface area contributed by atoms with Gasteiger partial charge in [0.15, 0.2) is 0 Å². The number of benzene rings is 2. The minimum absolute atomic E-state index is 0.234. The molecule has 0 saturated carbocycles. The summed E-state index contributed by atoms with van der Waals surface area (Å²) in [6.45, 7) is 0. The Balaban J connectivity index is 2.03. The molecule has 0 spiro atoms. The number of hydrogen-bond donors (Lipinski definition) is 1. The Labute approximate surface area is 135 Å². The number of halogens is 3. The van der Waals surface area contributed by atoms with E-state index in [0.717, 1.165) is 22.7 Å². The molecule has 2 aromatic rings. The number of fused-ring (bicyclic) bond motifs is 1. The second-order valence-corrected chi connectivity index (χ2v) is 5.97. The van der Waals surface area contributed by atoms with Crippen LogP contribution in [0.5, 0.6) is 0 Å². The summed E-state index contributed by atoms with van der Waals surface area (Å²) < 4.78 is 38.6. The van der Waals surface area contributed by atoms with E-state index < -0.39 is 11.7 Å². The number of allylic oxidation sites excluding steroid dienone is 1. The van der Waals surface area contributed by atoms with Gasteiger partial charge in [0.1, 0.15) is 6.07 Å². The lowest BCUT2D eigenvalue weighted by atomic mass is 10.0. The predicted molar refractivity (Wildman–Crippen MR) is 84.8 cm³/mol. The SMILES string of the molecule is N#C/C(=C1\CSc2ccccc2N1)c1cccc(C(F)(F)F)c1. The van der Waals surface area contributed by atoms with Crippen molar-refractivity contribution in [3.63, 3.8) is 0 Å². The Hall–Kier alpha value is -2.39. The quantitative estimate of drug-likeness (QED) is 0.733. The zero-order valence-electron chi connectivity index (χ0n) is 11.8. The van der Waals surface area contributed by atoms with Crippen LogP contribution in [0.15, 0.2) is 59.1 Å². The molecule has 1 heterocycles. The van der Waals surface area contributed by atoms with Crippen LogP contribution in [-0.2, 0) is 6.18 Å². The molecular formula is C17H11F3N2S. The third-order valence-electron chi connectivity index (χ3n) is 3.44. The van der Waals surface area contributed by atoms with Gasteiger partial charge in [-0.15, -0.1) is 11.8 Å². The van der Waals surface area contributed by atoms with Crippen molar-refractivity contribution >= 4 is 23.0 Å². The summed E-state index contributed by atoms with van der Waals surface area (Å²) in [4.78, 5) is 1.05. The molecule has 23 heavy (non-hydrogen) atoms. The van der Waals surface area contributed by atoms with Crippen molar-refractivity contribution in [2.75, 3.05) is 11.1 Å². The maximum absolute atomic E-state index is 12.9. The summed E-state index contributed by atoms with van der Waals surface area (Å²) in [7, 11) is 0. The first-order valence-corrected chi connectivity index (χ1v) is 7.77. The molecule has 0 fully saturated rings. The summed E-state index contributed by atoms with van der Waals surface area (Å²) in [5.74, 6) is 0.510. The van der Waals surface area contributed by atoms with Crippen LogP contribution >= 0.6 is 11.8 Å². The molecule has 0 saturated heterocycles. The molecule has 0 unspecified atom stereocenters. The van der Waals surface area contributed by atoms with Gasteiger partial charge in [0.25, 0.3) is 0 Å². The standard InChI is InChI=1S/C17H11F3N2S/c18-17(19,20)12-5-3-4-11(8-12)13(9-21)15-10-23-16-7-2-1-6-14(16)22-15/h1-8,22H,10H2/b15-13-. The molecule has 0 bridgehead atoms. The molecule has 0 radical (unpaired) electrons. The molecule has 0 atom stereocenters. The molecule has 1 aliphatic heterocycles. The van der Waals surface area contributed by atoms with E-state index >= 15 is 0 Å². The highest BCUT2D eigenvalue weighted by atomic mass is 32.2. The maximum atomic E-state index is 12.9. The molecule has 2 aromatic carbocycles. The van der Waals surface area contributed by atoms with Crippen molar-refractivity contribution in [2.24, 2.45) is 0 Å². The van der Waals surface area contributed by atoms with E-state index in [0.29, 0.717) is 11.4 Å². The summed E-state index contributed by atoms with van der Waals surface area (Å²) >= 11 is 1.55. The second kappa shape index (κ2) is 6.01. The number of para-hydroxylation sites is 1. The van der Waals surface area contributed by atoms with Crippen LogP contribution in [0.2, 0.25) is 0 Å². The summed E-state index contributed by atoms with van der Waals surface area (Å²) in [6.07, 6.45) is -4.43. The van der Waals surface area contributed by atoms with Crippen LogP contribution in [0.3, 0.4) is 0 Å². The topological polar surface area (TPSA) is 35.8 Å². The molecule has 0 amide bonds. The van der Waals surface area contributed by atoms with Crippen molar-refractivity contribution < 1.29 is 13.2 Å². The van der Waals surface area contributed by atoms with Crippen molar-refractivity contribution in [3.8, 4) is 6.07 Å². The minimum Gasteiger partial charge on any atom is -0.356 e. The van der Waals surface area contributed by atoms with Gasteiger partial charge < -0.3 is 5.32 Å². The van der Waals surface area contributed by atoms with Gasteiger partial charge in [-0.1, -0.05) is 24.3 Å². The van der Waals surface area contributed by atoms with Gasteiger partial charge >= 0.3 is 6.18 Å². The molecule has 1 aliphatic rings. The number of alkyl halides is 3. The normalized spacial score (nSPS) is 16.1. The average Bonchev–Trinajstić information content (AvgIpc) is 2.55. The lowest BCUT2D eigenvalue weighted by Crippen LogP contribution is -2.11. The molecule has 3 rings (SSSR count). The highest BCUT2D eigenvalue weighted by molar-refractivity contribution is 7.99. The second-order valence-electron chi connectivity index (χ2n) is 4.95. The molecule has 0 aliphatic carbocycles. The van der Waals surface area contributed by atoms with Crippen molar-refractivity contribution in [2.45, 2.75) is 11.1 Å². The molecular weight excluding hydrogens is 321 g/mol. The summed E-state index contributed by atoms with van der Waals surface area (Å²) in [5, 5.41) is 12.6. The number of thioether (sulfide) groups is 1. The third-order valence-corrected chi connectivity index (χ3v) is 4.54. The number of nitrogens with one attached hydrogen (secondary N) is 1. The lowest BCUT2D eigenvalue weighted by molar-refractivity contribution is -0.137. The Kier molecular flexibility index (Phi) is 4.05. The maximum Gasteiger partial charge on any atom is 0.416 e. The smallest absolute Gasteiger partial charge is 0.356 e. The number of hydrogen-bond acceptors (Lipinski definition) is 3. The lowest BCUT2D eigenvalue weighted by Gasteiger charge is -2.21. The van der Waals surface area contributed by atoms with Gasteiger partial charge in [-0.3, -0.25) is 0 Å². The zero-order valence-corrected chi connectivity index (χ0v) is 12.6. The summed E-state index contributed by atoms with van der Waals surface area (Å²) in [5.41, 5.74) is 1.23. The monoisotopic (exact) mass is 332 g/mol. The Morgan fingerprint density at radius 2 is 1.91 bits per heavy atom. The Morgan fingerprint density at radius 1 is 1.13 bits per heavy atom. The van der Waals surface area contributed by atoms with Gasteiger partial charge in [-0.05, 0) is 29.8 Å². The van der Waals surface area contributed by atoms with Crippen LogP contribution < -0.4 is 5.32 Å². The number of nitriles is 1. The number of nitrogens with zero attached hydrogens (tertiary/aromatic N) is 1. The Morgan fingerprint density at radius 3 is 2.65 bits per heavy atom. The van der Waals surface area contributed by atoms with Gasteiger partial charge in [0.2, 0.25) is 0 Å². The summed E-state index contributed by atoms with van der Waals surface area (Å²) in [6, 6.07) is 14.5. The van der Waals surface area contributed by atoms with Crippen molar-refractivity contribution in [1.29, 1.82) is 5.26 Å². The first-order chi connectivity index (χ1) is 11.0. The molecule has 6 heteroatoms. The van der Waals surface area contributed by atoms with E-state index in [2.05, 4.69) is 5.32 Å². The average molecular weight is 332 g/mol. The highest BCUT2D eigenvalue weighted by Crippen LogP contribution is 2.37. The number of anilines is 1. The predicted octanol–water partition coefficient (Wildman–Crippen LogP) is 5.16. The van der Waals surface area contributed by atoms with Crippen LogP contribution in [0.1, 0.15) is 11.1 Å². The van der Waals surface area contributed by atoms with E-state index in [1.165, 1.54) is 12.1 Å². The largest absolute Gasteiger partial charge is 0.416 e. The third kappa shape index (κ3) is 3.20. The van der Waals surface area contributed by atoms with Crippen molar-refractivity contribution in [3.05, 3.63) is 65.4 Å². The fraction of sp³-hybridized carbons (Fsp3) is 0.118. The zero-order chi connectivity index (χ0) is 16.4. The highest BCUT2D eigenvalue weighted by Gasteiger charge is 2.31. The Bertz CT molecular complexity index is 819. The van der Waals surface area contributed by atoms with E-state index in [1.807, 2.05) is 30.3 Å². The molecule has 2 nitrogen and oxygen atoms in total. The van der Waals surface area contributed by atoms with Gasteiger partial charge in [-0.2, -0.15) is 18.4 Å². The van der Waals surface area contributed by atoms with Crippen LogP contribution in [0.4, 0.5) is 18.9 Å². The van der Waals surface area contributed by atoms with E-state index in [9.17, 15) is 18.4 Å². The fourth-order valence-corrected chi connectivity index (χ4v) is 3.30. The van der Waals surface area contributed by atoms with Gasteiger partial charge in [0, 0.05) is 16.3 Å².